The zero-order valence-corrected chi connectivity index (χ0v) is 13.2. The summed E-state index contributed by atoms with van der Waals surface area (Å²) in [5.41, 5.74) is 0.698. The molecule has 7 nitrogen and oxygen atoms in total. The summed E-state index contributed by atoms with van der Waals surface area (Å²) in [6, 6.07) is 5.30. The number of likely N-dealkylation sites (tertiary alicyclic amines) is 1. The van der Waals surface area contributed by atoms with Crippen molar-refractivity contribution >= 4 is 5.91 Å². The van der Waals surface area contributed by atoms with Crippen LogP contribution in [0.25, 0.3) is 11.4 Å². The molecule has 1 aliphatic rings. The Labute approximate surface area is 134 Å². The third kappa shape index (κ3) is 3.13. The summed E-state index contributed by atoms with van der Waals surface area (Å²) >= 11 is 0. The van der Waals surface area contributed by atoms with E-state index < -0.39 is 0 Å². The van der Waals surface area contributed by atoms with Crippen LogP contribution in [0.3, 0.4) is 0 Å². The molecule has 1 fully saturated rings. The second-order valence-corrected chi connectivity index (χ2v) is 5.35. The molecule has 1 amide bonds. The molecule has 1 saturated heterocycles. The van der Waals surface area contributed by atoms with E-state index in [1.54, 1.807) is 37.3 Å². The molecule has 7 heteroatoms. The van der Waals surface area contributed by atoms with Gasteiger partial charge in [0.25, 0.3) is 0 Å². The number of amides is 1. The number of hydrogen-bond donors (Lipinski definition) is 0. The summed E-state index contributed by atoms with van der Waals surface area (Å²) in [4.78, 5) is 18.3. The topological polar surface area (TPSA) is 77.7 Å². The Bertz CT molecular complexity index is 692. The maximum atomic E-state index is 12.4. The number of aromatic nitrogens is 2. The average Bonchev–Trinajstić information content (AvgIpc) is 3.11. The first-order valence-electron chi connectivity index (χ1n) is 7.58. The fraction of sp³-hybridized carbons (Fsp3) is 0.438. The standard InChI is InChI=1S/C16H19N3O4/c1-21-12-7-6-11(10-13(12)22-2)14-17-15(23-18-14)16(20)19-8-4-3-5-9-19/h6-7,10H,3-5,8-9H2,1-2H3. The largest absolute Gasteiger partial charge is 0.493 e. The van der Waals surface area contributed by atoms with E-state index in [-0.39, 0.29) is 11.8 Å². The van der Waals surface area contributed by atoms with Gasteiger partial charge in [-0.3, -0.25) is 4.79 Å². The molecule has 0 atom stereocenters. The molecule has 0 aliphatic carbocycles. The Balaban J connectivity index is 1.82. The second kappa shape index (κ2) is 6.68. The lowest BCUT2D eigenvalue weighted by Crippen LogP contribution is -2.35. The minimum absolute atomic E-state index is 0.0247. The number of rotatable bonds is 4. The molecule has 1 aliphatic heterocycles. The van der Waals surface area contributed by atoms with Crippen molar-refractivity contribution in [3.05, 3.63) is 24.1 Å². The minimum atomic E-state index is -0.205. The maximum absolute atomic E-state index is 12.4. The molecule has 0 radical (unpaired) electrons. The van der Waals surface area contributed by atoms with E-state index in [0.29, 0.717) is 22.9 Å². The molecule has 3 rings (SSSR count). The zero-order chi connectivity index (χ0) is 16.2. The first-order valence-corrected chi connectivity index (χ1v) is 7.58. The van der Waals surface area contributed by atoms with Gasteiger partial charge in [0, 0.05) is 18.7 Å². The fourth-order valence-electron chi connectivity index (χ4n) is 2.64. The molecular formula is C16H19N3O4. The van der Waals surface area contributed by atoms with Crippen LogP contribution in [0.5, 0.6) is 11.5 Å². The van der Waals surface area contributed by atoms with E-state index in [4.69, 9.17) is 14.0 Å². The van der Waals surface area contributed by atoms with E-state index in [1.165, 1.54) is 0 Å². The van der Waals surface area contributed by atoms with Gasteiger partial charge in [-0.1, -0.05) is 5.16 Å². The number of ether oxygens (including phenoxy) is 2. The van der Waals surface area contributed by atoms with Crippen molar-refractivity contribution in [3.8, 4) is 22.9 Å². The molecule has 0 unspecified atom stereocenters. The van der Waals surface area contributed by atoms with E-state index in [0.717, 1.165) is 32.4 Å². The van der Waals surface area contributed by atoms with Crippen LogP contribution in [0.15, 0.2) is 22.7 Å². The number of methoxy groups -OCH3 is 2. The van der Waals surface area contributed by atoms with Gasteiger partial charge in [0.2, 0.25) is 5.82 Å². The third-order valence-corrected chi connectivity index (χ3v) is 3.89. The number of carbonyl (C=O) groups excluding carboxylic acids is 1. The minimum Gasteiger partial charge on any atom is -0.493 e. The van der Waals surface area contributed by atoms with Gasteiger partial charge in [0.15, 0.2) is 11.5 Å². The predicted molar refractivity (Wildman–Crippen MR) is 82.6 cm³/mol. The SMILES string of the molecule is COc1ccc(-c2noc(C(=O)N3CCCCC3)n2)cc1OC. The Hall–Kier alpha value is -2.57. The number of benzene rings is 1. The lowest BCUT2D eigenvalue weighted by molar-refractivity contribution is 0.0674. The van der Waals surface area contributed by atoms with Gasteiger partial charge in [-0.15, -0.1) is 0 Å². The maximum Gasteiger partial charge on any atom is 0.316 e. The summed E-state index contributed by atoms with van der Waals surface area (Å²) in [5.74, 6) is 1.36. The molecule has 0 N–H and O–H groups in total. The lowest BCUT2D eigenvalue weighted by Gasteiger charge is -2.24. The van der Waals surface area contributed by atoms with Crippen molar-refractivity contribution in [2.45, 2.75) is 19.3 Å². The Morgan fingerprint density at radius 1 is 1.13 bits per heavy atom. The van der Waals surface area contributed by atoms with Gasteiger partial charge in [0.05, 0.1) is 14.2 Å². The van der Waals surface area contributed by atoms with Crippen molar-refractivity contribution < 1.29 is 18.8 Å². The van der Waals surface area contributed by atoms with Gasteiger partial charge in [0.1, 0.15) is 0 Å². The Morgan fingerprint density at radius 3 is 2.57 bits per heavy atom. The lowest BCUT2D eigenvalue weighted by atomic mass is 10.1. The van der Waals surface area contributed by atoms with E-state index in [9.17, 15) is 4.79 Å². The molecule has 0 bridgehead atoms. The monoisotopic (exact) mass is 317 g/mol. The molecule has 122 valence electrons. The quantitative estimate of drug-likeness (QED) is 0.861. The van der Waals surface area contributed by atoms with Crippen LogP contribution in [0, 0.1) is 0 Å². The van der Waals surface area contributed by atoms with E-state index in [1.807, 2.05) is 0 Å². The first-order chi connectivity index (χ1) is 11.2. The molecule has 23 heavy (non-hydrogen) atoms. The van der Waals surface area contributed by atoms with Crippen LogP contribution in [-0.4, -0.2) is 48.3 Å². The van der Waals surface area contributed by atoms with E-state index in [2.05, 4.69) is 10.1 Å². The Kier molecular flexibility index (Phi) is 4.45. The first kappa shape index (κ1) is 15.3. The summed E-state index contributed by atoms with van der Waals surface area (Å²) in [6.45, 7) is 1.49. The van der Waals surface area contributed by atoms with Crippen LogP contribution in [0.2, 0.25) is 0 Å². The van der Waals surface area contributed by atoms with Gasteiger partial charge >= 0.3 is 11.8 Å². The number of hydrogen-bond acceptors (Lipinski definition) is 6. The molecular weight excluding hydrogens is 298 g/mol. The predicted octanol–water partition coefficient (Wildman–Crippen LogP) is 2.38. The van der Waals surface area contributed by atoms with Crippen molar-refractivity contribution in [2.24, 2.45) is 0 Å². The van der Waals surface area contributed by atoms with Crippen LogP contribution in [-0.2, 0) is 0 Å². The molecule has 0 saturated carbocycles. The van der Waals surface area contributed by atoms with Gasteiger partial charge in [-0.25, -0.2) is 0 Å². The zero-order valence-electron chi connectivity index (χ0n) is 13.2. The smallest absolute Gasteiger partial charge is 0.316 e. The average molecular weight is 317 g/mol. The van der Waals surface area contributed by atoms with Gasteiger partial charge in [-0.05, 0) is 37.5 Å². The van der Waals surface area contributed by atoms with Crippen LogP contribution >= 0.6 is 0 Å². The van der Waals surface area contributed by atoms with Gasteiger partial charge in [-0.2, -0.15) is 4.98 Å². The number of nitrogens with zero attached hydrogens (tertiary/aromatic N) is 3. The van der Waals surface area contributed by atoms with E-state index >= 15 is 0 Å². The van der Waals surface area contributed by atoms with Crippen LogP contribution in [0.1, 0.15) is 29.9 Å². The van der Waals surface area contributed by atoms with Crippen molar-refractivity contribution in [1.29, 1.82) is 0 Å². The molecule has 0 spiro atoms. The molecule has 1 aromatic carbocycles. The highest BCUT2D eigenvalue weighted by Gasteiger charge is 2.24. The van der Waals surface area contributed by atoms with Crippen molar-refractivity contribution in [1.82, 2.24) is 15.0 Å². The van der Waals surface area contributed by atoms with Crippen LogP contribution in [0.4, 0.5) is 0 Å². The fourth-order valence-corrected chi connectivity index (χ4v) is 2.64. The summed E-state index contributed by atoms with van der Waals surface area (Å²) in [5, 5.41) is 3.90. The molecule has 2 heterocycles. The van der Waals surface area contributed by atoms with Gasteiger partial charge < -0.3 is 18.9 Å². The summed E-state index contributed by atoms with van der Waals surface area (Å²) in [7, 11) is 3.13. The highest BCUT2D eigenvalue weighted by molar-refractivity contribution is 5.90. The van der Waals surface area contributed by atoms with Crippen molar-refractivity contribution in [3.63, 3.8) is 0 Å². The molecule has 1 aromatic heterocycles. The third-order valence-electron chi connectivity index (χ3n) is 3.89. The highest BCUT2D eigenvalue weighted by atomic mass is 16.5. The number of piperidine rings is 1. The van der Waals surface area contributed by atoms with Crippen molar-refractivity contribution in [2.75, 3.05) is 27.3 Å². The summed E-state index contributed by atoms with van der Waals surface area (Å²) in [6.07, 6.45) is 3.19. The number of carbonyl (C=O) groups is 1. The summed E-state index contributed by atoms with van der Waals surface area (Å²) < 4.78 is 15.6. The second-order valence-electron chi connectivity index (χ2n) is 5.35. The van der Waals surface area contributed by atoms with Crippen LogP contribution < -0.4 is 9.47 Å². The highest BCUT2D eigenvalue weighted by Crippen LogP contribution is 2.31. The Morgan fingerprint density at radius 2 is 1.87 bits per heavy atom. The normalized spacial score (nSPS) is 14.6. The molecule has 2 aromatic rings.